The van der Waals surface area contributed by atoms with Crippen molar-refractivity contribution >= 4 is 24.8 Å². The molecule has 0 radical (unpaired) electrons. The number of nitrogens with one attached hydrogen (secondary N) is 1. The van der Waals surface area contributed by atoms with Crippen molar-refractivity contribution in [1.82, 2.24) is 10.2 Å². The fraction of sp³-hybridized carbons (Fsp3) is 0.647. The molecule has 1 aliphatic rings. The summed E-state index contributed by atoms with van der Waals surface area (Å²) >= 11 is 0. The Hall–Kier alpha value is -0.420. The molecule has 1 aliphatic heterocycles. The van der Waals surface area contributed by atoms with Crippen molar-refractivity contribution in [2.75, 3.05) is 26.2 Å². The van der Waals surface area contributed by atoms with Crippen LogP contribution in [0.2, 0.25) is 0 Å². The molecule has 2 nitrogen and oxygen atoms in total. The van der Waals surface area contributed by atoms with E-state index in [2.05, 4.69) is 12.2 Å². The first-order valence-corrected chi connectivity index (χ1v) is 7.66. The van der Waals surface area contributed by atoms with Crippen LogP contribution in [-0.4, -0.2) is 37.5 Å². The first-order valence-electron chi connectivity index (χ1n) is 7.66. The lowest BCUT2D eigenvalue weighted by atomic mass is 9.85. The third kappa shape index (κ3) is 4.36. The number of hydrogen-bond acceptors (Lipinski definition) is 2. The van der Waals surface area contributed by atoms with Gasteiger partial charge in [-0.1, -0.05) is 0 Å². The second-order valence-electron chi connectivity index (χ2n) is 6.10. The smallest absolute Gasteiger partial charge is 0.258 e. The van der Waals surface area contributed by atoms with Crippen molar-refractivity contribution in [2.24, 2.45) is 0 Å². The lowest BCUT2D eigenvalue weighted by Crippen LogP contribution is -2.47. The summed E-state index contributed by atoms with van der Waals surface area (Å²) in [4.78, 5) is 1.94. The second kappa shape index (κ2) is 9.16. The fourth-order valence-electron chi connectivity index (χ4n) is 3.40. The molecular formula is C17H28Cl2F2N2. The highest BCUT2D eigenvalue weighted by atomic mass is 35.5. The minimum atomic E-state index is -2.36. The van der Waals surface area contributed by atoms with E-state index < -0.39 is 12.5 Å². The number of piperazine rings is 1. The molecule has 1 atom stereocenters. The zero-order valence-electron chi connectivity index (χ0n) is 14.5. The maximum Gasteiger partial charge on any atom is 0.258 e. The van der Waals surface area contributed by atoms with Gasteiger partial charge in [0.25, 0.3) is 6.43 Å². The molecule has 23 heavy (non-hydrogen) atoms. The summed E-state index contributed by atoms with van der Waals surface area (Å²) in [5.74, 6) is 0. The van der Waals surface area contributed by atoms with E-state index in [1.165, 1.54) is 5.56 Å². The van der Waals surface area contributed by atoms with Gasteiger partial charge in [-0.05, 0) is 68.0 Å². The summed E-state index contributed by atoms with van der Waals surface area (Å²) in [6, 6.07) is -0.787. The molecule has 1 aromatic rings. The predicted octanol–water partition coefficient (Wildman–Crippen LogP) is 4.28. The van der Waals surface area contributed by atoms with Crippen LogP contribution in [0.1, 0.15) is 39.4 Å². The van der Waals surface area contributed by atoms with Crippen LogP contribution in [-0.2, 0) is 0 Å². The molecule has 2 rings (SSSR count). The molecule has 1 saturated heterocycles. The first-order chi connectivity index (χ1) is 9.86. The van der Waals surface area contributed by atoms with Crippen LogP contribution in [0.3, 0.4) is 0 Å². The maximum atomic E-state index is 13.8. The molecule has 0 aromatic heterocycles. The van der Waals surface area contributed by atoms with Crippen LogP contribution in [0.15, 0.2) is 0 Å². The van der Waals surface area contributed by atoms with Crippen LogP contribution in [0.5, 0.6) is 0 Å². The largest absolute Gasteiger partial charge is 0.314 e. The average Bonchev–Trinajstić information content (AvgIpc) is 2.48. The monoisotopic (exact) mass is 368 g/mol. The third-order valence-corrected chi connectivity index (χ3v) is 5.14. The Morgan fingerprint density at radius 2 is 1.17 bits per heavy atom. The SMILES string of the molecule is Cc1c(C)c(C)c([C@H](C(F)F)N2CCNCC2)c(C)c1C.Cl.Cl. The van der Waals surface area contributed by atoms with Gasteiger partial charge in [-0.25, -0.2) is 8.78 Å². The molecule has 0 amide bonds. The second-order valence-corrected chi connectivity index (χ2v) is 6.10. The molecule has 0 bridgehead atoms. The molecule has 1 aromatic carbocycles. The van der Waals surface area contributed by atoms with Crippen LogP contribution < -0.4 is 5.32 Å². The van der Waals surface area contributed by atoms with Gasteiger partial charge in [0.1, 0.15) is 0 Å². The van der Waals surface area contributed by atoms with Gasteiger partial charge >= 0.3 is 0 Å². The van der Waals surface area contributed by atoms with Crippen molar-refractivity contribution in [3.05, 3.63) is 33.4 Å². The molecule has 0 aliphatic carbocycles. The minimum absolute atomic E-state index is 0. The first kappa shape index (κ1) is 22.6. The Morgan fingerprint density at radius 3 is 1.57 bits per heavy atom. The summed E-state index contributed by atoms with van der Waals surface area (Å²) in [7, 11) is 0. The Balaban J connectivity index is 0.00000242. The van der Waals surface area contributed by atoms with Crippen molar-refractivity contribution < 1.29 is 8.78 Å². The average molecular weight is 369 g/mol. The van der Waals surface area contributed by atoms with E-state index in [1.54, 1.807) is 0 Å². The summed E-state index contributed by atoms with van der Waals surface area (Å²) in [5, 5.41) is 3.23. The third-order valence-electron chi connectivity index (χ3n) is 5.14. The van der Waals surface area contributed by atoms with E-state index in [-0.39, 0.29) is 24.8 Å². The zero-order chi connectivity index (χ0) is 15.7. The summed E-state index contributed by atoms with van der Waals surface area (Å²) in [5.41, 5.74) is 6.41. The molecule has 0 unspecified atom stereocenters. The lowest BCUT2D eigenvalue weighted by Gasteiger charge is -2.37. The number of hydrogen-bond donors (Lipinski definition) is 1. The van der Waals surface area contributed by atoms with Crippen molar-refractivity contribution in [3.63, 3.8) is 0 Å². The van der Waals surface area contributed by atoms with Crippen molar-refractivity contribution in [1.29, 1.82) is 0 Å². The highest BCUT2D eigenvalue weighted by molar-refractivity contribution is 5.85. The van der Waals surface area contributed by atoms with Gasteiger partial charge in [0.15, 0.2) is 0 Å². The van der Waals surface area contributed by atoms with Gasteiger partial charge in [0, 0.05) is 26.2 Å². The topological polar surface area (TPSA) is 15.3 Å². The van der Waals surface area contributed by atoms with Gasteiger partial charge in [0.2, 0.25) is 0 Å². The van der Waals surface area contributed by atoms with Crippen LogP contribution in [0, 0.1) is 34.6 Å². The number of halogens is 4. The Bertz CT molecular complexity index is 501. The van der Waals surface area contributed by atoms with Gasteiger partial charge < -0.3 is 5.32 Å². The lowest BCUT2D eigenvalue weighted by molar-refractivity contribution is 0.0175. The number of rotatable bonds is 3. The van der Waals surface area contributed by atoms with Gasteiger partial charge in [-0.3, -0.25) is 4.90 Å². The molecule has 0 spiro atoms. The summed E-state index contributed by atoms with van der Waals surface area (Å²) in [6.45, 7) is 13.1. The Morgan fingerprint density at radius 1 is 0.783 bits per heavy atom. The normalized spacial score (nSPS) is 16.7. The molecule has 6 heteroatoms. The van der Waals surface area contributed by atoms with E-state index in [0.717, 1.165) is 40.9 Å². The Labute approximate surface area is 150 Å². The van der Waals surface area contributed by atoms with E-state index in [1.807, 2.05) is 32.6 Å². The number of benzene rings is 1. The van der Waals surface area contributed by atoms with E-state index in [0.29, 0.717) is 13.1 Å². The number of alkyl halides is 2. The molecule has 1 fully saturated rings. The highest BCUT2D eigenvalue weighted by Crippen LogP contribution is 2.36. The van der Waals surface area contributed by atoms with E-state index >= 15 is 0 Å². The highest BCUT2D eigenvalue weighted by Gasteiger charge is 2.33. The predicted molar refractivity (Wildman–Crippen MR) is 97.8 cm³/mol. The summed E-state index contributed by atoms with van der Waals surface area (Å²) < 4.78 is 27.7. The van der Waals surface area contributed by atoms with Crippen molar-refractivity contribution in [3.8, 4) is 0 Å². The number of nitrogens with zero attached hydrogens (tertiary/aromatic N) is 1. The molecular weight excluding hydrogens is 341 g/mol. The maximum absolute atomic E-state index is 13.8. The molecule has 1 N–H and O–H groups in total. The van der Waals surface area contributed by atoms with Gasteiger partial charge in [-0.15, -0.1) is 24.8 Å². The Kier molecular flexibility index (Phi) is 9.00. The van der Waals surface area contributed by atoms with E-state index in [9.17, 15) is 8.78 Å². The molecule has 0 saturated carbocycles. The van der Waals surface area contributed by atoms with Gasteiger partial charge in [0.05, 0.1) is 6.04 Å². The van der Waals surface area contributed by atoms with Crippen LogP contribution in [0.4, 0.5) is 8.78 Å². The van der Waals surface area contributed by atoms with Crippen LogP contribution >= 0.6 is 24.8 Å². The van der Waals surface area contributed by atoms with Crippen molar-refractivity contribution in [2.45, 2.75) is 47.1 Å². The van der Waals surface area contributed by atoms with E-state index in [4.69, 9.17) is 0 Å². The molecule has 1 heterocycles. The summed E-state index contributed by atoms with van der Waals surface area (Å²) in [6.07, 6.45) is -2.36. The quantitative estimate of drug-likeness (QED) is 0.856. The minimum Gasteiger partial charge on any atom is -0.314 e. The molecule has 134 valence electrons. The van der Waals surface area contributed by atoms with Gasteiger partial charge in [-0.2, -0.15) is 0 Å². The van der Waals surface area contributed by atoms with Crippen LogP contribution in [0.25, 0.3) is 0 Å². The standard InChI is InChI=1S/C17H26F2N2.2ClH/c1-10-11(2)13(4)15(14(5)12(10)3)16(17(18)19)21-8-6-20-7-9-21;;/h16-17,20H,6-9H2,1-5H3;2*1H/t16-;;/m1../s1. The fourth-order valence-corrected chi connectivity index (χ4v) is 3.40. The zero-order valence-corrected chi connectivity index (χ0v) is 16.1.